The number of benzene rings is 1. The minimum atomic E-state index is 0.259. The van der Waals surface area contributed by atoms with Gasteiger partial charge in [-0.1, -0.05) is 46.4 Å². The third kappa shape index (κ3) is 2.03. The summed E-state index contributed by atoms with van der Waals surface area (Å²) >= 11 is 29.2. The van der Waals surface area contributed by atoms with Crippen molar-refractivity contribution < 1.29 is 0 Å². The second kappa shape index (κ2) is 4.46. The maximum atomic E-state index is 5.92. The first-order chi connectivity index (χ1) is 6.00. The lowest BCUT2D eigenvalue weighted by Gasteiger charge is -2.11. The SMILES string of the molecule is Cc1c(Cl)c(Cl)c(Cl)c(Cl)c1CCl. The van der Waals surface area contributed by atoms with Gasteiger partial charge in [-0.25, -0.2) is 0 Å². The normalized spacial score (nSPS) is 10.6. The number of alkyl halides is 1. The molecular weight excluding hydrogens is 273 g/mol. The third-order valence-corrected chi connectivity index (χ3v) is 3.96. The van der Waals surface area contributed by atoms with E-state index in [0.717, 1.165) is 11.1 Å². The van der Waals surface area contributed by atoms with Crippen LogP contribution in [0.15, 0.2) is 0 Å². The molecule has 0 bridgehead atoms. The Hall–Kier alpha value is 0.670. The fourth-order valence-electron chi connectivity index (χ4n) is 0.946. The Morgan fingerprint density at radius 2 is 1.31 bits per heavy atom. The Bertz CT molecular complexity index is 316. The van der Waals surface area contributed by atoms with E-state index in [4.69, 9.17) is 58.0 Å². The van der Waals surface area contributed by atoms with Crippen LogP contribution in [0.1, 0.15) is 11.1 Å². The van der Waals surface area contributed by atoms with Gasteiger partial charge in [-0.2, -0.15) is 0 Å². The highest BCUT2D eigenvalue weighted by molar-refractivity contribution is 6.52. The second-order valence-electron chi connectivity index (χ2n) is 2.49. The van der Waals surface area contributed by atoms with Crippen LogP contribution in [0, 0.1) is 6.92 Å². The first-order valence-electron chi connectivity index (χ1n) is 3.38. The molecule has 0 saturated heterocycles. The first-order valence-corrected chi connectivity index (χ1v) is 5.42. The summed E-state index contributed by atoms with van der Waals surface area (Å²) in [6, 6.07) is 0. The van der Waals surface area contributed by atoms with Gasteiger partial charge in [0.25, 0.3) is 0 Å². The lowest BCUT2D eigenvalue weighted by atomic mass is 10.1. The van der Waals surface area contributed by atoms with Gasteiger partial charge >= 0.3 is 0 Å². The van der Waals surface area contributed by atoms with E-state index < -0.39 is 0 Å². The zero-order valence-electron chi connectivity index (χ0n) is 6.60. The van der Waals surface area contributed by atoms with Crippen molar-refractivity contribution in [3.05, 3.63) is 31.2 Å². The Labute approximate surface area is 102 Å². The van der Waals surface area contributed by atoms with Crippen LogP contribution in [0.5, 0.6) is 0 Å². The molecule has 0 aliphatic carbocycles. The van der Waals surface area contributed by atoms with Gasteiger partial charge in [-0.15, -0.1) is 11.6 Å². The van der Waals surface area contributed by atoms with Crippen LogP contribution in [-0.4, -0.2) is 0 Å². The molecule has 0 aliphatic heterocycles. The first kappa shape index (κ1) is 11.7. The Morgan fingerprint density at radius 3 is 1.77 bits per heavy atom. The number of hydrogen-bond acceptors (Lipinski definition) is 0. The van der Waals surface area contributed by atoms with Gasteiger partial charge in [0.1, 0.15) is 0 Å². The summed E-state index contributed by atoms with van der Waals surface area (Å²) in [6.07, 6.45) is 0. The van der Waals surface area contributed by atoms with E-state index in [2.05, 4.69) is 0 Å². The van der Waals surface area contributed by atoms with Crippen LogP contribution in [0.3, 0.4) is 0 Å². The van der Waals surface area contributed by atoms with Gasteiger partial charge < -0.3 is 0 Å². The predicted octanol–water partition coefficient (Wildman–Crippen LogP) is 5.35. The van der Waals surface area contributed by atoms with Crippen molar-refractivity contribution in [1.29, 1.82) is 0 Å². The fraction of sp³-hybridized carbons (Fsp3) is 0.250. The predicted molar refractivity (Wildman–Crippen MR) is 60.8 cm³/mol. The zero-order valence-corrected chi connectivity index (χ0v) is 10.4. The van der Waals surface area contributed by atoms with Crippen molar-refractivity contribution in [2.45, 2.75) is 12.8 Å². The van der Waals surface area contributed by atoms with E-state index in [1.54, 1.807) is 6.92 Å². The number of hydrogen-bond donors (Lipinski definition) is 0. The van der Waals surface area contributed by atoms with Crippen LogP contribution in [0.2, 0.25) is 20.1 Å². The van der Waals surface area contributed by atoms with Crippen molar-refractivity contribution in [2.75, 3.05) is 0 Å². The number of halogens is 5. The zero-order chi connectivity index (χ0) is 10.2. The molecule has 0 radical (unpaired) electrons. The quantitative estimate of drug-likeness (QED) is 0.369. The Balaban J connectivity index is 3.56. The molecule has 72 valence electrons. The van der Waals surface area contributed by atoms with Crippen molar-refractivity contribution in [3.8, 4) is 0 Å². The van der Waals surface area contributed by atoms with Gasteiger partial charge in [0.2, 0.25) is 0 Å². The van der Waals surface area contributed by atoms with E-state index >= 15 is 0 Å². The van der Waals surface area contributed by atoms with Crippen molar-refractivity contribution in [2.24, 2.45) is 0 Å². The van der Waals surface area contributed by atoms with Gasteiger partial charge in [-0.05, 0) is 18.1 Å². The highest BCUT2D eigenvalue weighted by Gasteiger charge is 2.16. The summed E-state index contributed by atoms with van der Waals surface area (Å²) in [6.45, 7) is 1.80. The van der Waals surface area contributed by atoms with Crippen molar-refractivity contribution in [3.63, 3.8) is 0 Å². The largest absolute Gasteiger partial charge is 0.121 e. The van der Waals surface area contributed by atoms with E-state index in [0.29, 0.717) is 10.0 Å². The summed E-state index contributed by atoms with van der Waals surface area (Å²) in [4.78, 5) is 0. The maximum Gasteiger partial charge on any atom is 0.0797 e. The standard InChI is InChI=1S/C8H5Cl5/c1-3-4(2-9)6(11)8(13)7(12)5(3)10/h2H2,1H3. The molecule has 0 heterocycles. The molecule has 0 aliphatic rings. The smallest absolute Gasteiger partial charge is 0.0797 e. The van der Waals surface area contributed by atoms with Crippen LogP contribution in [0.4, 0.5) is 0 Å². The molecule has 0 amide bonds. The summed E-state index contributed by atoms with van der Waals surface area (Å²) in [5.74, 6) is 0.265. The Morgan fingerprint density at radius 1 is 0.846 bits per heavy atom. The lowest BCUT2D eigenvalue weighted by molar-refractivity contribution is 1.30. The molecule has 1 rings (SSSR count). The topological polar surface area (TPSA) is 0 Å². The van der Waals surface area contributed by atoms with E-state index in [1.807, 2.05) is 0 Å². The van der Waals surface area contributed by atoms with Crippen LogP contribution in [-0.2, 0) is 5.88 Å². The molecular formula is C8H5Cl5. The lowest BCUT2D eigenvalue weighted by Crippen LogP contribution is -1.90. The second-order valence-corrected chi connectivity index (χ2v) is 4.27. The molecule has 0 nitrogen and oxygen atoms in total. The summed E-state index contributed by atoms with van der Waals surface area (Å²) in [7, 11) is 0. The van der Waals surface area contributed by atoms with Crippen molar-refractivity contribution in [1.82, 2.24) is 0 Å². The van der Waals surface area contributed by atoms with E-state index in [1.165, 1.54) is 0 Å². The van der Waals surface area contributed by atoms with Gasteiger partial charge in [0.05, 0.1) is 20.1 Å². The minimum absolute atomic E-state index is 0.259. The average Bonchev–Trinajstić information content (AvgIpc) is 2.13. The monoisotopic (exact) mass is 276 g/mol. The molecule has 1 aromatic carbocycles. The molecule has 0 unspecified atom stereocenters. The molecule has 0 atom stereocenters. The molecule has 0 spiro atoms. The molecule has 0 fully saturated rings. The molecule has 0 N–H and O–H groups in total. The van der Waals surface area contributed by atoms with Crippen LogP contribution < -0.4 is 0 Å². The van der Waals surface area contributed by atoms with Gasteiger partial charge in [-0.3, -0.25) is 0 Å². The highest BCUT2D eigenvalue weighted by Crippen LogP contribution is 2.41. The highest BCUT2D eigenvalue weighted by atomic mass is 35.5. The molecule has 13 heavy (non-hydrogen) atoms. The van der Waals surface area contributed by atoms with Crippen LogP contribution >= 0.6 is 58.0 Å². The van der Waals surface area contributed by atoms with Gasteiger partial charge in [0.15, 0.2) is 0 Å². The summed E-state index contributed by atoms with van der Waals surface area (Å²) < 4.78 is 0. The van der Waals surface area contributed by atoms with Crippen LogP contribution in [0.25, 0.3) is 0 Å². The maximum absolute atomic E-state index is 5.92. The third-order valence-electron chi connectivity index (χ3n) is 1.76. The van der Waals surface area contributed by atoms with Gasteiger partial charge in [0, 0.05) is 5.88 Å². The fourth-order valence-corrected chi connectivity index (χ4v) is 2.40. The molecule has 0 saturated carbocycles. The average molecular weight is 278 g/mol. The number of rotatable bonds is 1. The Kier molecular flexibility index (Phi) is 4.03. The minimum Gasteiger partial charge on any atom is -0.121 e. The molecule has 5 heteroatoms. The summed E-state index contributed by atoms with van der Waals surface area (Å²) in [5.41, 5.74) is 1.50. The van der Waals surface area contributed by atoms with E-state index in [9.17, 15) is 0 Å². The van der Waals surface area contributed by atoms with E-state index in [-0.39, 0.29) is 15.9 Å². The molecule has 1 aromatic rings. The van der Waals surface area contributed by atoms with Crippen molar-refractivity contribution >= 4 is 58.0 Å². The molecule has 0 aromatic heterocycles. The summed E-state index contributed by atoms with van der Waals surface area (Å²) in [5, 5.41) is 1.32.